The van der Waals surface area contributed by atoms with Gasteiger partial charge in [-0.15, -0.1) is 0 Å². The van der Waals surface area contributed by atoms with Crippen LogP contribution >= 0.6 is 0 Å². The Kier molecular flexibility index (Phi) is 7.61. The number of hydrogen-bond donors (Lipinski definition) is 0. The van der Waals surface area contributed by atoms with E-state index in [-0.39, 0.29) is 13.2 Å². The Balaban J connectivity index is 1.92. The van der Waals surface area contributed by atoms with E-state index in [1.165, 1.54) is 20.3 Å². The average molecular weight is 381 g/mol. The van der Waals surface area contributed by atoms with Gasteiger partial charge in [-0.2, -0.15) is 5.26 Å². The van der Waals surface area contributed by atoms with Crippen LogP contribution in [0.3, 0.4) is 0 Å². The number of carbonyl (C=O) groups excluding carboxylic acids is 2. The van der Waals surface area contributed by atoms with Crippen molar-refractivity contribution in [1.82, 2.24) is 0 Å². The lowest BCUT2D eigenvalue weighted by molar-refractivity contribution is -0.138. The molecule has 2 aromatic carbocycles. The zero-order valence-corrected chi connectivity index (χ0v) is 15.5. The first-order valence-electron chi connectivity index (χ1n) is 8.27. The number of nitrogens with zero attached hydrogens (tertiary/aromatic N) is 1. The van der Waals surface area contributed by atoms with E-state index in [0.717, 1.165) is 5.56 Å². The molecule has 0 heterocycles. The van der Waals surface area contributed by atoms with E-state index in [4.69, 9.17) is 19.5 Å². The maximum absolute atomic E-state index is 11.9. The summed E-state index contributed by atoms with van der Waals surface area (Å²) < 4.78 is 20.3. The van der Waals surface area contributed by atoms with Gasteiger partial charge >= 0.3 is 11.9 Å². The summed E-state index contributed by atoms with van der Waals surface area (Å²) in [7, 11) is 2.80. The second kappa shape index (κ2) is 10.4. The molecule has 0 radical (unpaired) electrons. The quantitative estimate of drug-likeness (QED) is 0.512. The highest BCUT2D eigenvalue weighted by Crippen LogP contribution is 2.28. The molecule has 0 aliphatic heterocycles. The molecule has 0 unspecified atom stereocenters. The number of rotatable bonds is 8. The molecule has 0 spiro atoms. The van der Waals surface area contributed by atoms with E-state index in [1.54, 1.807) is 48.5 Å². The topological polar surface area (TPSA) is 94.9 Å². The third-order valence-electron chi connectivity index (χ3n) is 3.65. The van der Waals surface area contributed by atoms with Crippen molar-refractivity contribution in [2.24, 2.45) is 0 Å². The van der Waals surface area contributed by atoms with Crippen molar-refractivity contribution in [3.05, 3.63) is 65.2 Å². The third-order valence-corrected chi connectivity index (χ3v) is 3.65. The number of carbonyl (C=O) groups is 2. The maximum atomic E-state index is 11.9. The molecule has 7 nitrogen and oxygen atoms in total. The fraction of sp³-hybridized carbons (Fsp3) is 0.190. The second-order valence-corrected chi connectivity index (χ2v) is 5.49. The molecule has 2 rings (SSSR count). The van der Waals surface area contributed by atoms with Crippen LogP contribution in [0.5, 0.6) is 11.5 Å². The van der Waals surface area contributed by atoms with Crippen molar-refractivity contribution in [3.63, 3.8) is 0 Å². The smallest absolute Gasteiger partial charge is 0.337 e. The molecule has 0 saturated heterocycles. The molecule has 0 saturated carbocycles. The third kappa shape index (κ3) is 5.88. The number of esters is 2. The van der Waals surface area contributed by atoms with Crippen LogP contribution < -0.4 is 9.47 Å². The molecule has 0 atom stereocenters. The zero-order chi connectivity index (χ0) is 20.4. The van der Waals surface area contributed by atoms with Crippen LogP contribution in [0, 0.1) is 11.3 Å². The Labute approximate surface area is 162 Å². The van der Waals surface area contributed by atoms with Crippen LogP contribution in [0.15, 0.2) is 48.5 Å². The molecule has 28 heavy (non-hydrogen) atoms. The van der Waals surface area contributed by atoms with Crippen LogP contribution in [-0.4, -0.2) is 32.8 Å². The van der Waals surface area contributed by atoms with E-state index < -0.39 is 11.9 Å². The standard InChI is InChI=1S/C21H19NO6/c1-25-19-13-15(5-9-18(19)27-12-11-22)6-10-20(23)28-14-16-3-7-17(8-4-16)21(24)26-2/h3-10,13H,12,14H2,1-2H3/b10-6+. The Morgan fingerprint density at radius 1 is 1.07 bits per heavy atom. The minimum absolute atomic E-state index is 0.0783. The van der Waals surface area contributed by atoms with Gasteiger partial charge in [0.2, 0.25) is 0 Å². The molecule has 0 bridgehead atoms. The summed E-state index contributed by atoms with van der Waals surface area (Å²) in [5, 5.41) is 8.57. The van der Waals surface area contributed by atoms with Gasteiger partial charge in [0.1, 0.15) is 12.7 Å². The molecule has 0 amide bonds. The van der Waals surface area contributed by atoms with Gasteiger partial charge in [-0.1, -0.05) is 18.2 Å². The van der Waals surface area contributed by atoms with Crippen LogP contribution in [0.4, 0.5) is 0 Å². The molecule has 144 valence electrons. The number of nitriles is 1. The summed E-state index contributed by atoms with van der Waals surface area (Å²) in [4.78, 5) is 23.3. The van der Waals surface area contributed by atoms with E-state index >= 15 is 0 Å². The average Bonchev–Trinajstić information content (AvgIpc) is 2.74. The van der Waals surface area contributed by atoms with Crippen molar-refractivity contribution in [2.75, 3.05) is 20.8 Å². The molecule has 0 aliphatic carbocycles. The van der Waals surface area contributed by atoms with Crippen molar-refractivity contribution < 1.29 is 28.5 Å². The van der Waals surface area contributed by atoms with Crippen molar-refractivity contribution >= 4 is 18.0 Å². The van der Waals surface area contributed by atoms with Crippen LogP contribution in [0.2, 0.25) is 0 Å². The molecule has 0 aromatic heterocycles. The molecule has 0 N–H and O–H groups in total. The number of hydrogen-bond acceptors (Lipinski definition) is 7. The van der Waals surface area contributed by atoms with Crippen LogP contribution in [0.25, 0.3) is 6.08 Å². The van der Waals surface area contributed by atoms with Gasteiger partial charge in [-0.3, -0.25) is 0 Å². The summed E-state index contributed by atoms with van der Waals surface area (Å²) >= 11 is 0. The fourth-order valence-corrected chi connectivity index (χ4v) is 2.24. The number of ether oxygens (including phenoxy) is 4. The summed E-state index contributed by atoms with van der Waals surface area (Å²) in [6, 6.07) is 13.5. The Bertz CT molecular complexity index is 896. The summed E-state index contributed by atoms with van der Waals surface area (Å²) in [5.74, 6) is -0.0394. The first kappa shape index (κ1) is 20.5. The van der Waals surface area contributed by atoms with Crippen LogP contribution in [0.1, 0.15) is 21.5 Å². The van der Waals surface area contributed by atoms with Crippen molar-refractivity contribution in [3.8, 4) is 17.6 Å². The largest absolute Gasteiger partial charge is 0.493 e. The molecule has 0 aliphatic rings. The highest BCUT2D eigenvalue weighted by atomic mass is 16.5. The first-order valence-corrected chi connectivity index (χ1v) is 8.27. The Morgan fingerprint density at radius 3 is 2.46 bits per heavy atom. The molecule has 7 heteroatoms. The minimum atomic E-state index is -0.513. The Morgan fingerprint density at radius 2 is 1.82 bits per heavy atom. The summed E-state index contributed by atoms with van der Waals surface area (Å²) in [5.41, 5.74) is 1.88. The van der Waals surface area contributed by atoms with Gasteiger partial charge in [0.25, 0.3) is 0 Å². The summed E-state index contributed by atoms with van der Waals surface area (Å²) in [6.07, 6.45) is 2.88. The molecule has 0 fully saturated rings. The van der Waals surface area contributed by atoms with Gasteiger partial charge in [-0.05, 0) is 41.5 Å². The molecular weight excluding hydrogens is 362 g/mol. The van der Waals surface area contributed by atoms with E-state index in [9.17, 15) is 9.59 Å². The second-order valence-electron chi connectivity index (χ2n) is 5.49. The zero-order valence-electron chi connectivity index (χ0n) is 15.5. The van der Waals surface area contributed by atoms with E-state index in [0.29, 0.717) is 22.6 Å². The van der Waals surface area contributed by atoms with Gasteiger partial charge in [0, 0.05) is 6.08 Å². The SMILES string of the molecule is COC(=O)c1ccc(COC(=O)/C=C/c2ccc(OCC#N)c(OC)c2)cc1. The lowest BCUT2D eigenvalue weighted by Crippen LogP contribution is -2.03. The highest BCUT2D eigenvalue weighted by molar-refractivity contribution is 5.89. The van der Waals surface area contributed by atoms with E-state index in [2.05, 4.69) is 4.74 Å². The molecule has 2 aromatic rings. The lowest BCUT2D eigenvalue weighted by atomic mass is 10.1. The van der Waals surface area contributed by atoms with Gasteiger partial charge < -0.3 is 18.9 Å². The normalized spacial score (nSPS) is 10.2. The minimum Gasteiger partial charge on any atom is -0.493 e. The fourth-order valence-electron chi connectivity index (χ4n) is 2.24. The summed E-state index contributed by atoms with van der Waals surface area (Å²) in [6.45, 7) is -0.00658. The van der Waals surface area contributed by atoms with Gasteiger partial charge in [-0.25, -0.2) is 9.59 Å². The number of methoxy groups -OCH3 is 2. The van der Waals surface area contributed by atoms with Crippen molar-refractivity contribution in [2.45, 2.75) is 6.61 Å². The van der Waals surface area contributed by atoms with Gasteiger partial charge in [0.05, 0.1) is 19.8 Å². The van der Waals surface area contributed by atoms with E-state index in [1.807, 2.05) is 6.07 Å². The lowest BCUT2D eigenvalue weighted by Gasteiger charge is -2.08. The number of benzene rings is 2. The first-order chi connectivity index (χ1) is 13.6. The highest BCUT2D eigenvalue weighted by Gasteiger charge is 2.07. The Hall–Kier alpha value is -3.79. The monoisotopic (exact) mass is 381 g/mol. The van der Waals surface area contributed by atoms with Crippen LogP contribution in [-0.2, 0) is 20.9 Å². The maximum Gasteiger partial charge on any atom is 0.337 e. The predicted molar refractivity (Wildman–Crippen MR) is 101 cm³/mol. The van der Waals surface area contributed by atoms with Gasteiger partial charge in [0.15, 0.2) is 18.1 Å². The van der Waals surface area contributed by atoms with Crippen molar-refractivity contribution in [1.29, 1.82) is 5.26 Å². The predicted octanol–water partition coefficient (Wildman–Crippen LogP) is 3.14. The molecular formula is C21H19NO6.